The van der Waals surface area contributed by atoms with Crippen molar-refractivity contribution >= 4 is 16.9 Å². The van der Waals surface area contributed by atoms with Crippen molar-refractivity contribution in [1.82, 2.24) is 9.88 Å². The number of pyridine rings is 1. The number of piperidine rings is 3. The number of hydrogen-bond donors (Lipinski definition) is 0. The van der Waals surface area contributed by atoms with Crippen molar-refractivity contribution < 1.29 is 14.3 Å². The summed E-state index contributed by atoms with van der Waals surface area (Å²) in [5.74, 6) is 1.66. The molecule has 5 atom stereocenters. The summed E-state index contributed by atoms with van der Waals surface area (Å²) in [6.07, 6.45) is 5.77. The Balaban J connectivity index is 1.76. The van der Waals surface area contributed by atoms with Crippen LogP contribution < -0.4 is 4.74 Å². The van der Waals surface area contributed by atoms with Crippen LogP contribution in [-0.2, 0) is 9.53 Å². The topological polar surface area (TPSA) is 51.7 Å². The molecule has 0 amide bonds. The number of fused-ring (bicyclic) bond motifs is 4. The molecule has 4 heterocycles. The first kappa shape index (κ1) is 18.0. The molecule has 5 rings (SSSR count). The van der Waals surface area contributed by atoms with Crippen molar-refractivity contribution in [3.63, 3.8) is 0 Å². The van der Waals surface area contributed by atoms with E-state index in [9.17, 15) is 4.79 Å². The zero-order valence-corrected chi connectivity index (χ0v) is 15.9. The maximum absolute atomic E-state index is 12.0. The first-order valence-electron chi connectivity index (χ1n) is 9.57. The van der Waals surface area contributed by atoms with Gasteiger partial charge in [0.15, 0.2) is 0 Å². The van der Waals surface area contributed by atoms with Gasteiger partial charge in [-0.15, -0.1) is 6.58 Å². The lowest BCUT2D eigenvalue weighted by atomic mass is 9.73. The molecule has 2 aromatic rings. The molecule has 5 nitrogen and oxygen atoms in total. The molecule has 142 valence electrons. The summed E-state index contributed by atoms with van der Waals surface area (Å²) in [7, 11) is 1.65. The highest BCUT2D eigenvalue weighted by Crippen LogP contribution is 2.43. The quantitative estimate of drug-likeness (QED) is 0.596. The predicted molar refractivity (Wildman–Crippen MR) is 105 cm³/mol. The van der Waals surface area contributed by atoms with Crippen LogP contribution >= 0.6 is 0 Å². The van der Waals surface area contributed by atoms with E-state index in [2.05, 4.69) is 22.5 Å². The highest BCUT2D eigenvalue weighted by atomic mass is 16.5. The molecule has 3 saturated heterocycles. The van der Waals surface area contributed by atoms with Gasteiger partial charge in [-0.1, -0.05) is 6.08 Å². The van der Waals surface area contributed by atoms with E-state index < -0.39 is 0 Å². The van der Waals surface area contributed by atoms with E-state index in [1.807, 2.05) is 24.3 Å². The lowest BCUT2D eigenvalue weighted by Gasteiger charge is -2.51. The molecule has 3 fully saturated rings. The number of aromatic nitrogens is 1. The molecular formula is C22H26N2O3. The molecule has 1 aromatic carbocycles. The van der Waals surface area contributed by atoms with Crippen molar-refractivity contribution in [2.75, 3.05) is 20.2 Å². The monoisotopic (exact) mass is 366 g/mol. The Labute approximate surface area is 160 Å². The number of esters is 1. The zero-order valence-electron chi connectivity index (χ0n) is 15.9. The Morgan fingerprint density at radius 2 is 2.26 bits per heavy atom. The fourth-order valence-corrected chi connectivity index (χ4v) is 4.74. The number of methoxy groups -OCH3 is 1. The second kappa shape index (κ2) is 7.31. The summed E-state index contributed by atoms with van der Waals surface area (Å²) in [5, 5.41) is 0.978. The molecule has 1 aromatic heterocycles. The van der Waals surface area contributed by atoms with Gasteiger partial charge in [-0.05, 0) is 55.5 Å². The fourth-order valence-electron chi connectivity index (χ4n) is 4.74. The largest absolute Gasteiger partial charge is 0.497 e. The molecule has 3 aliphatic rings. The van der Waals surface area contributed by atoms with Crippen LogP contribution in [0.4, 0.5) is 0 Å². The standard InChI is InChI=1S/C22H26N2O3/c1-4-15-13-24-10-8-16(15)11-21(24)22(27-14(2)25)18-7-9-23-20-6-5-17(26-3)12-19(18)20/h4-7,9,12,15-16,21-22H,1,8,10-11,13H2,2-3H3/t15-,16-,21+,22+/m1/s1. The molecule has 3 aliphatic heterocycles. The SMILES string of the molecule is C=C[C@@H]1CN2CC[C@@H]1C[C@H]2[C@@H](OC(C)=O)c1ccnc2ccc(OC)cc12. The molecule has 0 saturated carbocycles. The summed E-state index contributed by atoms with van der Waals surface area (Å²) in [6.45, 7) is 7.53. The van der Waals surface area contributed by atoms with E-state index in [0.29, 0.717) is 11.8 Å². The maximum Gasteiger partial charge on any atom is 0.303 e. The predicted octanol–water partition coefficient (Wildman–Crippen LogP) is 3.74. The van der Waals surface area contributed by atoms with Gasteiger partial charge in [0, 0.05) is 30.6 Å². The highest BCUT2D eigenvalue weighted by molar-refractivity contribution is 5.84. The molecule has 27 heavy (non-hydrogen) atoms. The number of nitrogens with zero attached hydrogens (tertiary/aromatic N) is 2. The second-order valence-electron chi connectivity index (χ2n) is 7.56. The average Bonchev–Trinajstić information content (AvgIpc) is 2.71. The van der Waals surface area contributed by atoms with Crippen LogP contribution in [0.2, 0.25) is 0 Å². The normalized spacial score (nSPS) is 27.9. The van der Waals surface area contributed by atoms with Gasteiger partial charge in [0.25, 0.3) is 0 Å². The number of benzene rings is 1. The Hall–Kier alpha value is -2.40. The molecule has 0 radical (unpaired) electrons. The van der Waals surface area contributed by atoms with Gasteiger partial charge < -0.3 is 9.47 Å². The Bertz CT molecular complexity index is 866. The van der Waals surface area contributed by atoms with Gasteiger partial charge in [-0.2, -0.15) is 0 Å². The lowest BCUT2D eigenvalue weighted by Crippen LogP contribution is -2.55. The number of hydrogen-bond acceptors (Lipinski definition) is 5. The Morgan fingerprint density at radius 1 is 1.41 bits per heavy atom. The molecular weight excluding hydrogens is 340 g/mol. The summed E-state index contributed by atoms with van der Waals surface area (Å²) in [4.78, 5) is 18.9. The molecule has 0 aliphatic carbocycles. The first-order valence-corrected chi connectivity index (χ1v) is 9.57. The van der Waals surface area contributed by atoms with Crippen LogP contribution in [0.1, 0.15) is 31.4 Å². The van der Waals surface area contributed by atoms with Gasteiger partial charge in [-0.25, -0.2) is 0 Å². The second-order valence-corrected chi connectivity index (χ2v) is 7.56. The number of ether oxygens (including phenoxy) is 2. The maximum atomic E-state index is 12.0. The van der Waals surface area contributed by atoms with Gasteiger partial charge in [0.2, 0.25) is 0 Å². The van der Waals surface area contributed by atoms with Crippen LogP contribution in [-0.4, -0.2) is 42.1 Å². The average molecular weight is 366 g/mol. The van der Waals surface area contributed by atoms with Crippen molar-refractivity contribution in [2.24, 2.45) is 11.8 Å². The summed E-state index contributed by atoms with van der Waals surface area (Å²) in [5.41, 5.74) is 1.88. The smallest absolute Gasteiger partial charge is 0.303 e. The third-order valence-electron chi connectivity index (χ3n) is 6.09. The summed E-state index contributed by atoms with van der Waals surface area (Å²) in [6, 6.07) is 7.99. The van der Waals surface area contributed by atoms with Crippen LogP contribution in [0.5, 0.6) is 5.75 Å². The van der Waals surface area contributed by atoms with E-state index >= 15 is 0 Å². The fraction of sp³-hybridized carbons (Fsp3) is 0.455. The van der Waals surface area contributed by atoms with Crippen LogP contribution in [0.3, 0.4) is 0 Å². The highest BCUT2D eigenvalue weighted by Gasteiger charge is 2.44. The van der Waals surface area contributed by atoms with E-state index in [1.165, 1.54) is 13.3 Å². The van der Waals surface area contributed by atoms with Gasteiger partial charge in [0.1, 0.15) is 11.9 Å². The minimum atomic E-state index is -0.311. The lowest BCUT2D eigenvalue weighted by molar-refractivity contribution is -0.154. The summed E-state index contributed by atoms with van der Waals surface area (Å²) < 4.78 is 11.3. The van der Waals surface area contributed by atoms with Crippen molar-refractivity contribution in [3.05, 3.63) is 48.7 Å². The van der Waals surface area contributed by atoms with Crippen molar-refractivity contribution in [3.8, 4) is 5.75 Å². The third kappa shape index (κ3) is 3.32. The van der Waals surface area contributed by atoms with E-state index in [0.717, 1.165) is 41.7 Å². The van der Waals surface area contributed by atoms with Crippen molar-refractivity contribution in [1.29, 1.82) is 0 Å². The minimum absolute atomic E-state index is 0.181. The number of carbonyl (C=O) groups excluding carboxylic acids is 1. The molecule has 0 spiro atoms. The first-order chi connectivity index (χ1) is 13.1. The third-order valence-corrected chi connectivity index (χ3v) is 6.09. The van der Waals surface area contributed by atoms with Crippen LogP contribution in [0.25, 0.3) is 10.9 Å². The number of carbonyl (C=O) groups is 1. The number of rotatable bonds is 5. The molecule has 0 N–H and O–H groups in total. The Morgan fingerprint density at radius 3 is 2.93 bits per heavy atom. The molecule has 5 heteroatoms. The summed E-state index contributed by atoms with van der Waals surface area (Å²) >= 11 is 0. The van der Waals surface area contributed by atoms with Crippen LogP contribution in [0.15, 0.2) is 43.1 Å². The van der Waals surface area contributed by atoms with E-state index in [4.69, 9.17) is 9.47 Å². The zero-order chi connectivity index (χ0) is 19.0. The van der Waals surface area contributed by atoms with Crippen LogP contribution in [0, 0.1) is 11.8 Å². The van der Waals surface area contributed by atoms with E-state index in [1.54, 1.807) is 13.3 Å². The Kier molecular flexibility index (Phi) is 4.87. The van der Waals surface area contributed by atoms with Gasteiger partial charge >= 0.3 is 5.97 Å². The van der Waals surface area contributed by atoms with Crippen molar-refractivity contribution in [2.45, 2.75) is 31.9 Å². The van der Waals surface area contributed by atoms with E-state index in [-0.39, 0.29) is 18.1 Å². The molecule has 1 unspecified atom stereocenters. The minimum Gasteiger partial charge on any atom is -0.497 e. The molecule has 2 bridgehead atoms. The van der Waals surface area contributed by atoms with Gasteiger partial charge in [0.05, 0.1) is 18.7 Å². The van der Waals surface area contributed by atoms with Gasteiger partial charge in [-0.3, -0.25) is 14.7 Å².